The molecule has 2 rings (SSSR count). The van der Waals surface area contributed by atoms with Gasteiger partial charge in [0.05, 0.1) is 6.54 Å². The fourth-order valence-electron chi connectivity index (χ4n) is 2.38. The third-order valence-electron chi connectivity index (χ3n) is 3.50. The molecule has 1 heterocycles. The van der Waals surface area contributed by atoms with E-state index in [2.05, 4.69) is 16.2 Å². The first-order valence-corrected chi connectivity index (χ1v) is 8.55. The highest BCUT2D eigenvalue weighted by molar-refractivity contribution is 7.80. The Morgan fingerprint density at radius 2 is 1.85 bits per heavy atom. The van der Waals surface area contributed by atoms with E-state index < -0.39 is 11.2 Å². The van der Waals surface area contributed by atoms with Gasteiger partial charge >= 0.3 is 5.69 Å². The topological polar surface area (TPSA) is 97.2 Å². The van der Waals surface area contributed by atoms with Gasteiger partial charge in [0.25, 0.3) is 5.56 Å². The van der Waals surface area contributed by atoms with Crippen LogP contribution in [0.15, 0.2) is 46.0 Å². The van der Waals surface area contributed by atoms with E-state index in [9.17, 15) is 14.4 Å². The van der Waals surface area contributed by atoms with Crippen LogP contribution in [-0.4, -0.2) is 20.2 Å². The second-order valence-electron chi connectivity index (χ2n) is 5.63. The lowest BCUT2D eigenvalue weighted by molar-refractivity contribution is -0.117. The van der Waals surface area contributed by atoms with E-state index >= 15 is 0 Å². The Labute approximate surface area is 155 Å². The molecule has 26 heavy (non-hydrogen) atoms. The Morgan fingerprint density at radius 3 is 2.46 bits per heavy atom. The van der Waals surface area contributed by atoms with Crippen LogP contribution in [0.2, 0.25) is 0 Å². The van der Waals surface area contributed by atoms with Crippen LogP contribution in [0.5, 0.6) is 0 Å². The molecule has 0 aliphatic carbocycles. The van der Waals surface area contributed by atoms with Gasteiger partial charge in [0.1, 0.15) is 5.82 Å². The van der Waals surface area contributed by atoms with E-state index in [0.717, 1.165) is 5.56 Å². The Hall–Kier alpha value is -2.94. The van der Waals surface area contributed by atoms with Gasteiger partial charge in [-0.05, 0) is 24.2 Å². The number of nitrogens with zero attached hydrogens (tertiary/aromatic N) is 2. The molecule has 0 aliphatic rings. The standard InChI is InChI=1S/C17H21N5O3S/c1-3-9-21-15(24)10-14(19-20-16(26)18-12(2)23)22(17(21)25)11-13-7-5-4-6-8-13/h4-8,10,19H,3,9,11H2,1-2H3,(H2,18,20,23,26). The molecular weight excluding hydrogens is 354 g/mol. The largest absolute Gasteiger partial charge is 0.332 e. The summed E-state index contributed by atoms with van der Waals surface area (Å²) in [6.07, 6.45) is 0.665. The number of hydrazine groups is 1. The number of anilines is 1. The van der Waals surface area contributed by atoms with Gasteiger partial charge in [-0.2, -0.15) is 0 Å². The van der Waals surface area contributed by atoms with Crippen molar-refractivity contribution in [3.05, 3.63) is 62.8 Å². The summed E-state index contributed by atoms with van der Waals surface area (Å²) in [7, 11) is 0. The zero-order chi connectivity index (χ0) is 19.1. The normalized spacial score (nSPS) is 10.2. The zero-order valence-electron chi connectivity index (χ0n) is 14.6. The van der Waals surface area contributed by atoms with Gasteiger partial charge in [0.2, 0.25) is 5.91 Å². The molecule has 3 N–H and O–H groups in total. The minimum Gasteiger partial charge on any atom is -0.302 e. The molecule has 9 heteroatoms. The number of rotatable bonds is 6. The fraction of sp³-hybridized carbons (Fsp3) is 0.294. The highest BCUT2D eigenvalue weighted by Crippen LogP contribution is 2.06. The molecule has 0 spiro atoms. The third kappa shape index (κ3) is 5.03. The van der Waals surface area contributed by atoms with Crippen molar-refractivity contribution in [1.29, 1.82) is 0 Å². The molecule has 0 saturated carbocycles. The predicted molar refractivity (Wildman–Crippen MR) is 104 cm³/mol. The van der Waals surface area contributed by atoms with E-state index in [4.69, 9.17) is 12.2 Å². The number of amides is 1. The first kappa shape index (κ1) is 19.4. The lowest BCUT2D eigenvalue weighted by Gasteiger charge is -2.17. The molecule has 2 aromatic rings. The van der Waals surface area contributed by atoms with Gasteiger partial charge in [-0.3, -0.25) is 29.6 Å². The molecule has 0 fully saturated rings. The summed E-state index contributed by atoms with van der Waals surface area (Å²) in [5.41, 5.74) is 5.42. The maximum Gasteiger partial charge on any atom is 0.332 e. The van der Waals surface area contributed by atoms with Crippen LogP contribution in [0.3, 0.4) is 0 Å². The number of carbonyl (C=O) groups is 1. The first-order chi connectivity index (χ1) is 12.4. The van der Waals surface area contributed by atoms with Crippen molar-refractivity contribution < 1.29 is 4.79 Å². The number of thiocarbonyl (C=S) groups is 1. The van der Waals surface area contributed by atoms with Crippen LogP contribution in [0, 0.1) is 0 Å². The molecule has 0 aliphatic heterocycles. The Morgan fingerprint density at radius 1 is 1.15 bits per heavy atom. The fourth-order valence-corrected chi connectivity index (χ4v) is 2.57. The molecule has 0 unspecified atom stereocenters. The van der Waals surface area contributed by atoms with Crippen LogP contribution < -0.4 is 27.4 Å². The Balaban J connectivity index is 2.38. The first-order valence-electron chi connectivity index (χ1n) is 8.14. The molecule has 0 saturated heterocycles. The minimum atomic E-state index is -0.419. The highest BCUT2D eigenvalue weighted by Gasteiger charge is 2.12. The van der Waals surface area contributed by atoms with Crippen molar-refractivity contribution in [3.8, 4) is 0 Å². The Kier molecular flexibility index (Phi) is 6.67. The highest BCUT2D eigenvalue weighted by atomic mass is 32.1. The second-order valence-corrected chi connectivity index (χ2v) is 6.04. The van der Waals surface area contributed by atoms with Gasteiger partial charge in [0.15, 0.2) is 5.11 Å². The van der Waals surface area contributed by atoms with Gasteiger partial charge < -0.3 is 5.32 Å². The molecule has 0 atom stereocenters. The maximum absolute atomic E-state index is 12.8. The summed E-state index contributed by atoms with van der Waals surface area (Å²) in [5.74, 6) is -0.0757. The van der Waals surface area contributed by atoms with Gasteiger partial charge in [-0.25, -0.2) is 4.79 Å². The maximum atomic E-state index is 12.8. The van der Waals surface area contributed by atoms with Crippen LogP contribution in [-0.2, 0) is 17.9 Å². The monoisotopic (exact) mass is 375 g/mol. The number of carbonyl (C=O) groups excluding carboxylic acids is 1. The van der Waals surface area contributed by atoms with Crippen molar-refractivity contribution in [3.63, 3.8) is 0 Å². The Bertz CT molecular complexity index is 905. The zero-order valence-corrected chi connectivity index (χ0v) is 15.4. The minimum absolute atomic E-state index is 0.0361. The van der Waals surface area contributed by atoms with Crippen LogP contribution in [0.4, 0.5) is 5.82 Å². The summed E-state index contributed by atoms with van der Waals surface area (Å²) in [6, 6.07) is 10.7. The molecule has 1 aromatic heterocycles. The summed E-state index contributed by atoms with van der Waals surface area (Å²) in [5, 5.41) is 2.43. The number of nitrogens with one attached hydrogen (secondary N) is 3. The van der Waals surface area contributed by atoms with E-state index in [-0.39, 0.29) is 23.4 Å². The van der Waals surface area contributed by atoms with Crippen molar-refractivity contribution in [2.45, 2.75) is 33.4 Å². The van der Waals surface area contributed by atoms with Gasteiger partial charge in [-0.15, -0.1) is 0 Å². The van der Waals surface area contributed by atoms with Crippen LogP contribution >= 0.6 is 12.2 Å². The van der Waals surface area contributed by atoms with Crippen LogP contribution in [0.1, 0.15) is 25.8 Å². The number of benzene rings is 1. The SMILES string of the molecule is CCCn1c(=O)cc(NNC(=S)NC(C)=O)n(Cc2ccccc2)c1=O. The third-order valence-corrected chi connectivity index (χ3v) is 3.71. The lowest BCUT2D eigenvalue weighted by Crippen LogP contribution is -2.45. The summed E-state index contributed by atoms with van der Waals surface area (Å²) < 4.78 is 2.63. The average Bonchev–Trinajstić information content (AvgIpc) is 2.60. The average molecular weight is 375 g/mol. The molecule has 0 bridgehead atoms. The summed E-state index contributed by atoms with van der Waals surface area (Å²) in [4.78, 5) is 36.1. The molecule has 1 amide bonds. The van der Waals surface area contributed by atoms with Crippen molar-refractivity contribution in [1.82, 2.24) is 19.9 Å². The molecule has 0 radical (unpaired) electrons. The van der Waals surface area contributed by atoms with E-state index in [1.807, 2.05) is 37.3 Å². The lowest BCUT2D eigenvalue weighted by atomic mass is 10.2. The van der Waals surface area contributed by atoms with E-state index in [1.54, 1.807) is 0 Å². The molecular formula is C17H21N5O3S. The smallest absolute Gasteiger partial charge is 0.302 e. The van der Waals surface area contributed by atoms with E-state index in [0.29, 0.717) is 13.0 Å². The van der Waals surface area contributed by atoms with Crippen molar-refractivity contribution >= 4 is 29.1 Å². The number of hydrogen-bond donors (Lipinski definition) is 3. The molecule has 1 aromatic carbocycles. The summed E-state index contributed by atoms with van der Waals surface area (Å²) in [6.45, 7) is 3.84. The molecule has 138 valence electrons. The van der Waals surface area contributed by atoms with Gasteiger partial charge in [0, 0.05) is 19.5 Å². The van der Waals surface area contributed by atoms with Crippen molar-refractivity contribution in [2.24, 2.45) is 0 Å². The van der Waals surface area contributed by atoms with E-state index in [1.165, 1.54) is 22.1 Å². The second kappa shape index (κ2) is 8.95. The van der Waals surface area contributed by atoms with Crippen LogP contribution in [0.25, 0.3) is 0 Å². The number of hydrogen-bond acceptors (Lipinski definition) is 5. The molecule has 8 nitrogen and oxygen atoms in total. The van der Waals surface area contributed by atoms with Crippen molar-refractivity contribution in [2.75, 3.05) is 5.43 Å². The summed E-state index contributed by atoms with van der Waals surface area (Å²) >= 11 is 4.96. The quantitative estimate of drug-likeness (QED) is 0.511. The number of aromatic nitrogens is 2. The predicted octanol–water partition coefficient (Wildman–Crippen LogP) is 0.806. The van der Waals surface area contributed by atoms with Gasteiger partial charge in [-0.1, -0.05) is 37.3 Å².